The van der Waals surface area contributed by atoms with Crippen LogP contribution in [0.15, 0.2) is 48.7 Å². The molecular formula is C13H14N2O3S. The van der Waals surface area contributed by atoms with E-state index in [0.29, 0.717) is 5.69 Å². The quantitative estimate of drug-likeness (QED) is 0.925. The van der Waals surface area contributed by atoms with Crippen LogP contribution in [-0.4, -0.2) is 24.8 Å². The van der Waals surface area contributed by atoms with E-state index in [4.69, 9.17) is 0 Å². The molecule has 0 unspecified atom stereocenters. The van der Waals surface area contributed by atoms with Gasteiger partial charge >= 0.3 is 0 Å². The maximum absolute atomic E-state index is 11.9. The van der Waals surface area contributed by atoms with Crippen LogP contribution >= 0.6 is 0 Å². The minimum absolute atomic E-state index is 0.0798. The first-order valence-electron chi connectivity index (χ1n) is 5.64. The van der Waals surface area contributed by atoms with Gasteiger partial charge in [0.05, 0.1) is 24.2 Å². The predicted octanol–water partition coefficient (Wildman–Crippen LogP) is 1.75. The molecule has 0 aliphatic carbocycles. The highest BCUT2D eigenvalue weighted by molar-refractivity contribution is 7.92. The number of rotatable bonds is 4. The predicted molar refractivity (Wildman–Crippen MR) is 73.4 cm³/mol. The zero-order valence-corrected chi connectivity index (χ0v) is 11.2. The molecular weight excluding hydrogens is 264 g/mol. The molecule has 0 amide bonds. The number of pyridine rings is 1. The first-order chi connectivity index (χ1) is 8.98. The summed E-state index contributed by atoms with van der Waals surface area (Å²) in [6, 6.07) is 11.6. The highest BCUT2D eigenvalue weighted by Crippen LogP contribution is 2.29. The fraction of sp³-hybridized carbons (Fsp3) is 0.154. The number of hydrogen-bond acceptors (Lipinski definition) is 4. The second kappa shape index (κ2) is 5.27. The summed E-state index contributed by atoms with van der Waals surface area (Å²) in [5.41, 5.74) is 0.854. The lowest BCUT2D eigenvalue weighted by atomic mass is 10.3. The number of hydrogen-bond donors (Lipinski definition) is 1. The number of para-hydroxylation sites is 2. The Hall–Kier alpha value is -2.08. The molecule has 1 N–H and O–H groups in total. The molecule has 0 saturated carbocycles. The van der Waals surface area contributed by atoms with Gasteiger partial charge in [-0.3, -0.25) is 9.29 Å². The monoisotopic (exact) mass is 278 g/mol. The fourth-order valence-corrected chi connectivity index (χ4v) is 2.57. The van der Waals surface area contributed by atoms with Crippen LogP contribution in [0.25, 0.3) is 0 Å². The van der Waals surface area contributed by atoms with Gasteiger partial charge in [-0.15, -0.1) is 0 Å². The second-order valence-corrected chi connectivity index (χ2v) is 5.99. The van der Waals surface area contributed by atoms with Gasteiger partial charge in [-0.1, -0.05) is 18.2 Å². The molecule has 2 aromatic rings. The SMILES string of the molecule is CS(=O)(=O)N(Cc1ccccn1)c1ccccc1O. The van der Waals surface area contributed by atoms with E-state index >= 15 is 0 Å². The molecule has 0 aliphatic heterocycles. The highest BCUT2D eigenvalue weighted by atomic mass is 32.2. The normalized spacial score (nSPS) is 11.2. The first-order valence-corrected chi connectivity index (χ1v) is 7.49. The van der Waals surface area contributed by atoms with Gasteiger partial charge in [0.2, 0.25) is 10.0 Å². The zero-order chi connectivity index (χ0) is 13.9. The Morgan fingerprint density at radius 2 is 1.84 bits per heavy atom. The molecule has 0 radical (unpaired) electrons. The van der Waals surface area contributed by atoms with Gasteiger partial charge in [0.25, 0.3) is 0 Å². The van der Waals surface area contributed by atoms with E-state index in [9.17, 15) is 13.5 Å². The lowest BCUT2D eigenvalue weighted by Gasteiger charge is -2.22. The Balaban J connectivity index is 2.41. The molecule has 0 saturated heterocycles. The molecule has 0 aliphatic rings. The van der Waals surface area contributed by atoms with Crippen LogP contribution in [-0.2, 0) is 16.6 Å². The second-order valence-electron chi connectivity index (χ2n) is 4.08. The third-order valence-corrected chi connectivity index (χ3v) is 3.71. The molecule has 2 rings (SSSR count). The maximum Gasteiger partial charge on any atom is 0.232 e. The molecule has 1 heterocycles. The van der Waals surface area contributed by atoms with E-state index in [1.54, 1.807) is 42.6 Å². The third kappa shape index (κ3) is 3.23. The van der Waals surface area contributed by atoms with Gasteiger partial charge in [0.15, 0.2) is 0 Å². The van der Waals surface area contributed by atoms with Crippen LogP contribution in [0.5, 0.6) is 5.75 Å². The standard InChI is InChI=1S/C13H14N2O3S/c1-19(17,18)15(10-11-6-4-5-9-14-11)12-7-2-3-8-13(12)16/h2-9,16H,10H2,1H3. The van der Waals surface area contributed by atoms with E-state index in [2.05, 4.69) is 4.98 Å². The topological polar surface area (TPSA) is 70.5 Å². The summed E-state index contributed by atoms with van der Waals surface area (Å²) in [5.74, 6) is -0.0798. The summed E-state index contributed by atoms with van der Waals surface area (Å²) in [6.07, 6.45) is 2.70. The fourth-order valence-electron chi connectivity index (χ4n) is 1.69. The van der Waals surface area contributed by atoms with Crippen molar-refractivity contribution in [3.05, 3.63) is 54.4 Å². The van der Waals surface area contributed by atoms with E-state index in [-0.39, 0.29) is 18.0 Å². The van der Waals surface area contributed by atoms with Crippen molar-refractivity contribution in [2.75, 3.05) is 10.6 Å². The van der Waals surface area contributed by atoms with Crippen molar-refractivity contribution in [3.63, 3.8) is 0 Å². The molecule has 0 spiro atoms. The number of phenolic OH excluding ortho intramolecular Hbond substituents is 1. The van der Waals surface area contributed by atoms with Crippen molar-refractivity contribution in [1.29, 1.82) is 0 Å². The van der Waals surface area contributed by atoms with E-state index < -0.39 is 10.0 Å². The minimum atomic E-state index is -3.51. The van der Waals surface area contributed by atoms with Crippen molar-refractivity contribution >= 4 is 15.7 Å². The molecule has 1 aromatic carbocycles. The molecule has 6 heteroatoms. The van der Waals surface area contributed by atoms with Crippen LogP contribution in [0, 0.1) is 0 Å². The van der Waals surface area contributed by atoms with E-state index in [1.807, 2.05) is 0 Å². The molecule has 100 valence electrons. The van der Waals surface area contributed by atoms with Crippen molar-refractivity contribution < 1.29 is 13.5 Å². The average molecular weight is 278 g/mol. The molecule has 0 atom stereocenters. The Kier molecular flexibility index (Phi) is 3.71. The van der Waals surface area contributed by atoms with Crippen molar-refractivity contribution in [1.82, 2.24) is 4.98 Å². The molecule has 1 aromatic heterocycles. The number of aromatic hydroxyl groups is 1. The highest BCUT2D eigenvalue weighted by Gasteiger charge is 2.20. The summed E-state index contributed by atoms with van der Waals surface area (Å²) >= 11 is 0. The number of phenols is 1. The van der Waals surface area contributed by atoms with Gasteiger partial charge < -0.3 is 5.11 Å². The van der Waals surface area contributed by atoms with Crippen LogP contribution in [0.4, 0.5) is 5.69 Å². The summed E-state index contributed by atoms with van der Waals surface area (Å²) in [6.45, 7) is 0.0806. The van der Waals surface area contributed by atoms with E-state index in [1.165, 1.54) is 6.07 Å². The Labute approximate surface area is 112 Å². The zero-order valence-electron chi connectivity index (χ0n) is 10.4. The molecule has 19 heavy (non-hydrogen) atoms. The van der Waals surface area contributed by atoms with Gasteiger partial charge in [0, 0.05) is 6.20 Å². The lowest BCUT2D eigenvalue weighted by Crippen LogP contribution is -2.29. The van der Waals surface area contributed by atoms with Crippen LogP contribution in [0.2, 0.25) is 0 Å². The average Bonchev–Trinajstić information content (AvgIpc) is 2.37. The van der Waals surface area contributed by atoms with Crippen LogP contribution in [0.3, 0.4) is 0 Å². The Morgan fingerprint density at radius 3 is 2.42 bits per heavy atom. The lowest BCUT2D eigenvalue weighted by molar-refractivity contribution is 0.475. The number of nitrogens with zero attached hydrogens (tertiary/aromatic N) is 2. The smallest absolute Gasteiger partial charge is 0.232 e. The summed E-state index contributed by atoms with van der Waals surface area (Å²) in [7, 11) is -3.51. The molecule has 0 bridgehead atoms. The number of aromatic nitrogens is 1. The minimum Gasteiger partial charge on any atom is -0.506 e. The first kappa shape index (κ1) is 13.4. The number of sulfonamides is 1. The van der Waals surface area contributed by atoms with Gasteiger partial charge in [-0.05, 0) is 24.3 Å². The maximum atomic E-state index is 11.9. The Bertz CT molecular complexity index is 657. The summed E-state index contributed by atoms with van der Waals surface area (Å²) in [4.78, 5) is 4.10. The number of anilines is 1. The van der Waals surface area contributed by atoms with Crippen molar-refractivity contribution in [2.24, 2.45) is 0 Å². The van der Waals surface area contributed by atoms with Crippen molar-refractivity contribution in [2.45, 2.75) is 6.54 Å². The van der Waals surface area contributed by atoms with Crippen LogP contribution < -0.4 is 4.31 Å². The number of benzene rings is 1. The Morgan fingerprint density at radius 1 is 1.16 bits per heavy atom. The van der Waals surface area contributed by atoms with Gasteiger partial charge in [-0.2, -0.15) is 0 Å². The summed E-state index contributed by atoms with van der Waals surface area (Å²) in [5, 5.41) is 9.80. The van der Waals surface area contributed by atoms with E-state index in [0.717, 1.165) is 10.6 Å². The third-order valence-electron chi connectivity index (χ3n) is 2.58. The molecule has 0 fully saturated rings. The van der Waals surface area contributed by atoms with Crippen molar-refractivity contribution in [3.8, 4) is 5.75 Å². The van der Waals surface area contributed by atoms with Gasteiger partial charge in [0.1, 0.15) is 5.75 Å². The summed E-state index contributed by atoms with van der Waals surface area (Å²) < 4.78 is 24.9. The molecule has 5 nitrogen and oxygen atoms in total. The largest absolute Gasteiger partial charge is 0.506 e. The van der Waals surface area contributed by atoms with Gasteiger partial charge in [-0.25, -0.2) is 8.42 Å². The van der Waals surface area contributed by atoms with Crippen LogP contribution in [0.1, 0.15) is 5.69 Å².